The topological polar surface area (TPSA) is 38.9 Å². The quantitative estimate of drug-likeness (QED) is 0.732. The maximum atomic E-state index is 6.54. The second kappa shape index (κ2) is 2.80. The fourth-order valence-electron chi connectivity index (χ4n) is 3.39. The van der Waals surface area contributed by atoms with Crippen LogP contribution in [0.4, 0.5) is 0 Å². The third kappa shape index (κ3) is 1.04. The van der Waals surface area contributed by atoms with Crippen LogP contribution in [0.5, 0.6) is 0 Å². The molecule has 74 valence electrons. The van der Waals surface area contributed by atoms with Crippen molar-refractivity contribution in [2.75, 3.05) is 0 Å². The molecule has 2 nitrogen and oxygen atoms in total. The first kappa shape index (κ1) is 8.42. The van der Waals surface area contributed by atoms with Crippen LogP contribution < -0.4 is 5.73 Å². The van der Waals surface area contributed by atoms with Gasteiger partial charge in [-0.3, -0.25) is 4.98 Å². The second-order valence-electron chi connectivity index (χ2n) is 4.86. The summed E-state index contributed by atoms with van der Waals surface area (Å²) in [7, 11) is 0. The maximum absolute atomic E-state index is 6.54. The zero-order valence-electron chi connectivity index (χ0n) is 8.32. The molecule has 2 bridgehead atoms. The summed E-state index contributed by atoms with van der Waals surface area (Å²) in [5.41, 5.74) is 7.79. The first-order chi connectivity index (χ1) is 6.79. The summed E-state index contributed by atoms with van der Waals surface area (Å²) in [6.45, 7) is 0. The van der Waals surface area contributed by atoms with Gasteiger partial charge in [0.2, 0.25) is 0 Å². The van der Waals surface area contributed by atoms with E-state index in [4.69, 9.17) is 5.73 Å². The summed E-state index contributed by atoms with van der Waals surface area (Å²) in [4.78, 5) is 4.05. The Morgan fingerprint density at radius 2 is 2.07 bits per heavy atom. The Morgan fingerprint density at radius 1 is 1.29 bits per heavy atom. The lowest BCUT2D eigenvalue weighted by Crippen LogP contribution is -2.41. The summed E-state index contributed by atoms with van der Waals surface area (Å²) < 4.78 is 0. The number of aromatic nitrogens is 1. The van der Waals surface area contributed by atoms with Crippen LogP contribution in [-0.4, -0.2) is 4.98 Å². The fourth-order valence-corrected chi connectivity index (χ4v) is 3.39. The molecule has 2 N–H and O–H groups in total. The zero-order chi connectivity index (χ0) is 9.60. The highest BCUT2D eigenvalue weighted by atomic mass is 14.8. The van der Waals surface area contributed by atoms with E-state index in [0.717, 1.165) is 11.8 Å². The van der Waals surface area contributed by atoms with Crippen molar-refractivity contribution in [1.29, 1.82) is 0 Å². The highest BCUT2D eigenvalue weighted by Gasteiger charge is 2.49. The van der Waals surface area contributed by atoms with Crippen LogP contribution in [0.15, 0.2) is 24.5 Å². The first-order valence-electron chi connectivity index (χ1n) is 5.48. The van der Waals surface area contributed by atoms with Gasteiger partial charge in [0.15, 0.2) is 0 Å². The smallest absolute Gasteiger partial charge is 0.0442 e. The minimum absolute atomic E-state index is 0.0359. The second-order valence-corrected chi connectivity index (χ2v) is 4.86. The highest BCUT2D eigenvalue weighted by molar-refractivity contribution is 5.26. The molecule has 1 heterocycles. The summed E-state index contributed by atoms with van der Waals surface area (Å²) in [6, 6.07) is 4.17. The lowest BCUT2D eigenvalue weighted by Gasteiger charge is -2.34. The molecule has 2 aliphatic rings. The molecule has 1 aromatic heterocycles. The Morgan fingerprint density at radius 3 is 2.64 bits per heavy atom. The Labute approximate surface area is 84.5 Å². The van der Waals surface area contributed by atoms with Gasteiger partial charge in [0, 0.05) is 17.9 Å². The third-order valence-electron chi connectivity index (χ3n) is 4.11. The number of nitrogens with zero attached hydrogens (tertiary/aromatic N) is 1. The molecule has 3 unspecified atom stereocenters. The van der Waals surface area contributed by atoms with Gasteiger partial charge in [-0.05, 0) is 48.8 Å². The van der Waals surface area contributed by atoms with E-state index in [-0.39, 0.29) is 5.54 Å². The molecule has 2 fully saturated rings. The van der Waals surface area contributed by atoms with Gasteiger partial charge < -0.3 is 5.73 Å². The molecular weight excluding hydrogens is 172 g/mol. The van der Waals surface area contributed by atoms with Crippen molar-refractivity contribution in [2.45, 2.75) is 31.2 Å². The predicted molar refractivity (Wildman–Crippen MR) is 55.6 cm³/mol. The molecule has 2 saturated carbocycles. The van der Waals surface area contributed by atoms with Crippen LogP contribution in [0.2, 0.25) is 0 Å². The van der Waals surface area contributed by atoms with E-state index in [1.807, 2.05) is 12.4 Å². The monoisotopic (exact) mass is 188 g/mol. The summed E-state index contributed by atoms with van der Waals surface area (Å²) >= 11 is 0. The van der Waals surface area contributed by atoms with Gasteiger partial charge in [-0.2, -0.15) is 0 Å². The minimum atomic E-state index is -0.0359. The van der Waals surface area contributed by atoms with Crippen LogP contribution in [0.25, 0.3) is 0 Å². The summed E-state index contributed by atoms with van der Waals surface area (Å²) in [6.07, 6.45) is 8.96. The first-order valence-corrected chi connectivity index (χ1v) is 5.48. The van der Waals surface area contributed by atoms with Gasteiger partial charge in [0.1, 0.15) is 0 Å². The van der Waals surface area contributed by atoms with E-state index in [2.05, 4.69) is 17.1 Å². The molecular formula is C12H16N2. The largest absolute Gasteiger partial charge is 0.321 e. The third-order valence-corrected chi connectivity index (χ3v) is 4.11. The average molecular weight is 188 g/mol. The van der Waals surface area contributed by atoms with Gasteiger partial charge >= 0.3 is 0 Å². The van der Waals surface area contributed by atoms with Gasteiger partial charge in [-0.15, -0.1) is 0 Å². The minimum Gasteiger partial charge on any atom is -0.321 e. The lowest BCUT2D eigenvalue weighted by molar-refractivity contribution is 0.276. The molecule has 1 aromatic rings. The van der Waals surface area contributed by atoms with Crippen LogP contribution in [0.1, 0.15) is 31.2 Å². The molecule has 3 atom stereocenters. The van der Waals surface area contributed by atoms with E-state index in [1.54, 1.807) is 0 Å². The molecule has 3 rings (SSSR count). The van der Waals surface area contributed by atoms with Gasteiger partial charge in [-0.1, -0.05) is 6.42 Å². The van der Waals surface area contributed by atoms with E-state index in [9.17, 15) is 0 Å². The van der Waals surface area contributed by atoms with Crippen molar-refractivity contribution in [3.05, 3.63) is 30.1 Å². The average Bonchev–Trinajstić information content (AvgIpc) is 2.79. The zero-order valence-corrected chi connectivity index (χ0v) is 8.32. The number of fused-ring (bicyclic) bond motifs is 2. The van der Waals surface area contributed by atoms with Crippen molar-refractivity contribution < 1.29 is 0 Å². The molecule has 2 heteroatoms. The highest BCUT2D eigenvalue weighted by Crippen LogP contribution is 2.53. The Balaban J connectivity index is 1.98. The van der Waals surface area contributed by atoms with Gasteiger partial charge in [0.05, 0.1) is 0 Å². The Bertz CT molecular complexity index is 335. The van der Waals surface area contributed by atoms with E-state index < -0.39 is 0 Å². The fraction of sp³-hybridized carbons (Fsp3) is 0.583. The van der Waals surface area contributed by atoms with E-state index >= 15 is 0 Å². The number of hydrogen-bond acceptors (Lipinski definition) is 2. The van der Waals surface area contributed by atoms with Crippen LogP contribution in [0, 0.1) is 11.8 Å². The standard InChI is InChI=1S/C12H16N2/c13-12(10-3-5-14-6-4-10)8-9-1-2-11(12)7-9/h3-6,9,11H,1-2,7-8,13H2. The van der Waals surface area contributed by atoms with Crippen LogP contribution in [0.3, 0.4) is 0 Å². The molecule has 14 heavy (non-hydrogen) atoms. The lowest BCUT2D eigenvalue weighted by atomic mass is 9.77. The molecule has 0 radical (unpaired) electrons. The molecule has 0 amide bonds. The maximum Gasteiger partial charge on any atom is 0.0442 e. The summed E-state index contributed by atoms with van der Waals surface area (Å²) in [5, 5.41) is 0. The van der Waals surface area contributed by atoms with E-state index in [0.29, 0.717) is 0 Å². The van der Waals surface area contributed by atoms with Crippen molar-refractivity contribution in [3.63, 3.8) is 0 Å². The van der Waals surface area contributed by atoms with Crippen molar-refractivity contribution in [2.24, 2.45) is 17.6 Å². The number of nitrogens with two attached hydrogens (primary N) is 1. The molecule has 2 aliphatic carbocycles. The Kier molecular flexibility index (Phi) is 1.68. The van der Waals surface area contributed by atoms with E-state index in [1.165, 1.54) is 31.2 Å². The normalized spacial score (nSPS) is 40.4. The Hall–Kier alpha value is -0.890. The molecule has 0 aliphatic heterocycles. The molecule has 0 spiro atoms. The van der Waals surface area contributed by atoms with Crippen LogP contribution in [-0.2, 0) is 5.54 Å². The number of hydrogen-bond donors (Lipinski definition) is 1. The van der Waals surface area contributed by atoms with Crippen LogP contribution >= 0.6 is 0 Å². The molecule has 0 saturated heterocycles. The predicted octanol–water partition coefficient (Wildman–Crippen LogP) is 2.06. The van der Waals surface area contributed by atoms with Crippen molar-refractivity contribution >= 4 is 0 Å². The molecule has 0 aromatic carbocycles. The van der Waals surface area contributed by atoms with Gasteiger partial charge in [-0.25, -0.2) is 0 Å². The SMILES string of the molecule is NC1(c2ccncc2)CC2CCC1C2. The van der Waals surface area contributed by atoms with Crippen molar-refractivity contribution in [3.8, 4) is 0 Å². The number of pyridine rings is 1. The van der Waals surface area contributed by atoms with Gasteiger partial charge in [0.25, 0.3) is 0 Å². The summed E-state index contributed by atoms with van der Waals surface area (Å²) in [5.74, 6) is 1.60. The van der Waals surface area contributed by atoms with Crippen molar-refractivity contribution in [1.82, 2.24) is 4.98 Å². The number of rotatable bonds is 1.